The zero-order valence-corrected chi connectivity index (χ0v) is 13.5. The first-order valence-electron chi connectivity index (χ1n) is 6.88. The Balaban J connectivity index is 4.84. The molecule has 0 rings (SSSR count). The Morgan fingerprint density at radius 2 is 1.90 bits per heavy atom. The molecule has 0 spiro atoms. The van der Waals surface area contributed by atoms with E-state index < -0.39 is 29.9 Å². The minimum absolute atomic E-state index is 0.115. The number of hydrogen-bond acceptors (Lipinski definition) is 5. The maximum Gasteiger partial charge on any atom is 0.326 e. The van der Waals surface area contributed by atoms with Crippen molar-refractivity contribution >= 4 is 29.5 Å². The van der Waals surface area contributed by atoms with Gasteiger partial charge in [-0.3, -0.25) is 9.59 Å². The summed E-state index contributed by atoms with van der Waals surface area (Å²) in [6.07, 6.45) is 2.87. The molecule has 2 amide bonds. The summed E-state index contributed by atoms with van der Waals surface area (Å²) >= 11 is 1.51. The molecule has 0 bridgehead atoms. The van der Waals surface area contributed by atoms with Gasteiger partial charge >= 0.3 is 5.97 Å². The number of aliphatic carboxylic acids is 1. The van der Waals surface area contributed by atoms with Gasteiger partial charge in [0, 0.05) is 0 Å². The maximum absolute atomic E-state index is 12.2. The molecular formula is C13H25N3O4S. The van der Waals surface area contributed by atoms with Crippen LogP contribution in [0.3, 0.4) is 0 Å². The van der Waals surface area contributed by atoms with Gasteiger partial charge in [-0.15, -0.1) is 0 Å². The molecule has 8 heteroatoms. The van der Waals surface area contributed by atoms with Gasteiger partial charge in [-0.25, -0.2) is 4.79 Å². The van der Waals surface area contributed by atoms with Crippen LogP contribution in [0.4, 0.5) is 0 Å². The quantitative estimate of drug-likeness (QED) is 0.442. The molecular weight excluding hydrogens is 294 g/mol. The highest BCUT2D eigenvalue weighted by atomic mass is 32.2. The van der Waals surface area contributed by atoms with Crippen molar-refractivity contribution in [1.29, 1.82) is 0 Å². The number of nitrogens with two attached hydrogens (primary N) is 1. The van der Waals surface area contributed by atoms with Crippen LogP contribution in [0.25, 0.3) is 0 Å². The SMILES string of the molecule is CCC(C)C(NC(=O)CN)C(=O)NC(CCSC)C(=O)O. The van der Waals surface area contributed by atoms with E-state index >= 15 is 0 Å². The summed E-state index contributed by atoms with van der Waals surface area (Å²) in [5.74, 6) is -1.49. The zero-order valence-electron chi connectivity index (χ0n) is 12.7. The summed E-state index contributed by atoms with van der Waals surface area (Å²) in [6.45, 7) is 3.50. The predicted molar refractivity (Wildman–Crippen MR) is 83.0 cm³/mol. The number of carbonyl (C=O) groups is 3. The van der Waals surface area contributed by atoms with E-state index in [4.69, 9.17) is 10.8 Å². The minimum atomic E-state index is -1.08. The van der Waals surface area contributed by atoms with Gasteiger partial charge in [0.2, 0.25) is 11.8 Å². The van der Waals surface area contributed by atoms with E-state index in [1.165, 1.54) is 11.8 Å². The van der Waals surface area contributed by atoms with Crippen LogP contribution in [-0.2, 0) is 14.4 Å². The van der Waals surface area contributed by atoms with E-state index in [2.05, 4.69) is 10.6 Å². The molecule has 0 aromatic rings. The lowest BCUT2D eigenvalue weighted by Gasteiger charge is -2.25. The van der Waals surface area contributed by atoms with Crippen LogP contribution >= 0.6 is 11.8 Å². The Bertz CT molecular complexity index is 365. The summed E-state index contributed by atoms with van der Waals surface area (Å²) in [6, 6.07) is -1.73. The van der Waals surface area contributed by atoms with Crippen molar-refractivity contribution < 1.29 is 19.5 Å². The monoisotopic (exact) mass is 319 g/mol. The Kier molecular flexibility index (Phi) is 9.81. The highest BCUT2D eigenvalue weighted by Crippen LogP contribution is 2.09. The van der Waals surface area contributed by atoms with Gasteiger partial charge in [0.15, 0.2) is 0 Å². The fourth-order valence-electron chi connectivity index (χ4n) is 1.69. The molecule has 0 saturated carbocycles. The normalized spacial score (nSPS) is 14.9. The number of amides is 2. The maximum atomic E-state index is 12.2. The molecule has 0 aliphatic carbocycles. The Morgan fingerprint density at radius 1 is 1.29 bits per heavy atom. The standard InChI is InChI=1S/C13H25N3O4S/c1-4-8(2)11(16-10(17)7-14)12(18)15-9(13(19)20)5-6-21-3/h8-9,11H,4-7,14H2,1-3H3,(H,15,18)(H,16,17)(H,19,20). The summed E-state index contributed by atoms with van der Waals surface area (Å²) in [7, 11) is 0. The van der Waals surface area contributed by atoms with E-state index in [0.29, 0.717) is 18.6 Å². The first kappa shape index (κ1) is 19.7. The summed E-state index contributed by atoms with van der Waals surface area (Å²) in [5, 5.41) is 14.2. The molecule has 0 aliphatic rings. The van der Waals surface area contributed by atoms with Crippen LogP contribution in [0.5, 0.6) is 0 Å². The third kappa shape index (κ3) is 7.33. The highest BCUT2D eigenvalue weighted by Gasteiger charge is 2.29. The average molecular weight is 319 g/mol. The summed E-state index contributed by atoms with van der Waals surface area (Å²) < 4.78 is 0. The molecule has 0 aromatic heterocycles. The van der Waals surface area contributed by atoms with Gasteiger partial charge < -0.3 is 21.5 Å². The fraction of sp³-hybridized carbons (Fsp3) is 0.769. The minimum Gasteiger partial charge on any atom is -0.480 e. The molecule has 0 aromatic carbocycles. The van der Waals surface area contributed by atoms with Gasteiger partial charge in [0.25, 0.3) is 0 Å². The second kappa shape index (κ2) is 10.4. The Labute approximate surface area is 129 Å². The van der Waals surface area contributed by atoms with Crippen LogP contribution in [0.2, 0.25) is 0 Å². The first-order valence-corrected chi connectivity index (χ1v) is 8.28. The molecule has 3 atom stereocenters. The number of rotatable bonds is 10. The molecule has 0 saturated heterocycles. The van der Waals surface area contributed by atoms with Gasteiger partial charge in [-0.2, -0.15) is 11.8 Å². The Morgan fingerprint density at radius 3 is 2.33 bits per heavy atom. The van der Waals surface area contributed by atoms with Crippen LogP contribution in [0.15, 0.2) is 0 Å². The third-order valence-electron chi connectivity index (χ3n) is 3.22. The largest absolute Gasteiger partial charge is 0.480 e. The second-order valence-corrected chi connectivity index (χ2v) is 5.80. The average Bonchev–Trinajstić information content (AvgIpc) is 2.47. The molecule has 0 radical (unpaired) electrons. The molecule has 0 aliphatic heterocycles. The van der Waals surface area contributed by atoms with E-state index in [1.807, 2.05) is 20.1 Å². The molecule has 3 unspecified atom stereocenters. The topological polar surface area (TPSA) is 122 Å². The third-order valence-corrected chi connectivity index (χ3v) is 3.87. The number of carbonyl (C=O) groups excluding carboxylic acids is 2. The number of carboxylic acid groups (broad SMARTS) is 1. The fourth-order valence-corrected chi connectivity index (χ4v) is 2.16. The molecule has 7 nitrogen and oxygen atoms in total. The van der Waals surface area contributed by atoms with Crippen molar-refractivity contribution in [2.75, 3.05) is 18.6 Å². The number of nitrogens with one attached hydrogen (secondary N) is 2. The lowest BCUT2D eigenvalue weighted by Crippen LogP contribution is -2.55. The summed E-state index contributed by atoms with van der Waals surface area (Å²) in [4.78, 5) is 34.8. The lowest BCUT2D eigenvalue weighted by molar-refractivity contribution is -0.142. The summed E-state index contributed by atoms with van der Waals surface area (Å²) in [5.41, 5.74) is 5.24. The van der Waals surface area contributed by atoms with E-state index in [1.54, 1.807) is 0 Å². The Hall–Kier alpha value is -1.28. The van der Waals surface area contributed by atoms with Gasteiger partial charge in [-0.05, 0) is 24.3 Å². The van der Waals surface area contributed by atoms with Crippen LogP contribution in [0.1, 0.15) is 26.7 Å². The molecule has 21 heavy (non-hydrogen) atoms. The van der Waals surface area contributed by atoms with Crippen LogP contribution < -0.4 is 16.4 Å². The van der Waals surface area contributed by atoms with Gasteiger partial charge in [0.05, 0.1) is 6.54 Å². The second-order valence-electron chi connectivity index (χ2n) is 4.82. The van der Waals surface area contributed by atoms with Crippen molar-refractivity contribution in [2.45, 2.75) is 38.8 Å². The van der Waals surface area contributed by atoms with E-state index in [-0.39, 0.29) is 12.5 Å². The molecule has 122 valence electrons. The predicted octanol–water partition coefficient (Wildman–Crippen LogP) is -0.201. The van der Waals surface area contributed by atoms with Crippen LogP contribution in [0, 0.1) is 5.92 Å². The van der Waals surface area contributed by atoms with Crippen LogP contribution in [-0.4, -0.2) is 53.5 Å². The molecule has 5 N–H and O–H groups in total. The van der Waals surface area contributed by atoms with E-state index in [9.17, 15) is 14.4 Å². The number of thioether (sulfide) groups is 1. The smallest absolute Gasteiger partial charge is 0.326 e. The van der Waals surface area contributed by atoms with Crippen molar-refractivity contribution in [3.05, 3.63) is 0 Å². The van der Waals surface area contributed by atoms with Crippen molar-refractivity contribution in [1.82, 2.24) is 10.6 Å². The molecule has 0 heterocycles. The highest BCUT2D eigenvalue weighted by molar-refractivity contribution is 7.98. The number of carboxylic acids is 1. The van der Waals surface area contributed by atoms with Crippen molar-refractivity contribution in [3.63, 3.8) is 0 Å². The van der Waals surface area contributed by atoms with E-state index in [0.717, 1.165) is 0 Å². The molecule has 0 fully saturated rings. The zero-order chi connectivity index (χ0) is 16.4. The first-order chi connectivity index (χ1) is 9.87. The van der Waals surface area contributed by atoms with Gasteiger partial charge in [0.1, 0.15) is 12.1 Å². The van der Waals surface area contributed by atoms with Crippen molar-refractivity contribution in [2.24, 2.45) is 11.7 Å². The van der Waals surface area contributed by atoms with Gasteiger partial charge in [-0.1, -0.05) is 20.3 Å². The van der Waals surface area contributed by atoms with Crippen molar-refractivity contribution in [3.8, 4) is 0 Å². The lowest BCUT2D eigenvalue weighted by atomic mass is 9.97. The number of hydrogen-bond donors (Lipinski definition) is 4.